The molecule has 0 N–H and O–H groups in total. The molecule has 118 valence electrons. The van der Waals surface area contributed by atoms with Gasteiger partial charge in [-0.2, -0.15) is 0 Å². The van der Waals surface area contributed by atoms with Gasteiger partial charge in [0.2, 0.25) is 0 Å². The van der Waals surface area contributed by atoms with E-state index in [-0.39, 0.29) is 0 Å². The number of hydrogen-bond acceptors (Lipinski definition) is 1. The third-order valence-electron chi connectivity index (χ3n) is 5.49. The van der Waals surface area contributed by atoms with E-state index in [4.69, 9.17) is 4.74 Å². The smallest absolute Gasteiger partial charge is 0.0683 e. The SMILES string of the molecule is CC(C)=CCC/C(C)=C/COCC1=CC[C@@H]2C[C@H]1C2(C)C. The van der Waals surface area contributed by atoms with Gasteiger partial charge in [-0.05, 0) is 69.3 Å². The molecular weight excluding hydrogens is 256 g/mol. The zero-order chi connectivity index (χ0) is 15.5. The van der Waals surface area contributed by atoms with E-state index >= 15 is 0 Å². The second-order valence-corrected chi connectivity index (χ2v) is 7.71. The average Bonchev–Trinajstić information content (AvgIpc) is 2.43. The first-order valence-electron chi connectivity index (χ1n) is 8.47. The van der Waals surface area contributed by atoms with E-state index in [0.29, 0.717) is 5.41 Å². The van der Waals surface area contributed by atoms with Crippen LogP contribution in [0.25, 0.3) is 0 Å². The number of fused-ring (bicyclic) bond motifs is 1. The summed E-state index contributed by atoms with van der Waals surface area (Å²) in [4.78, 5) is 0. The Balaban J connectivity index is 1.68. The summed E-state index contributed by atoms with van der Waals surface area (Å²) in [5.41, 5.74) is 4.92. The van der Waals surface area contributed by atoms with Crippen molar-refractivity contribution in [3.05, 3.63) is 34.9 Å². The van der Waals surface area contributed by atoms with Gasteiger partial charge >= 0.3 is 0 Å². The van der Waals surface area contributed by atoms with E-state index in [1.54, 1.807) is 5.57 Å². The van der Waals surface area contributed by atoms with E-state index < -0.39 is 0 Å². The predicted octanol–water partition coefficient (Wildman–Crippen LogP) is 5.69. The maximum atomic E-state index is 5.90. The molecule has 0 unspecified atom stereocenters. The normalized spacial score (nSPS) is 26.9. The van der Waals surface area contributed by atoms with Crippen LogP contribution in [0.1, 0.15) is 60.3 Å². The van der Waals surface area contributed by atoms with E-state index in [1.165, 1.54) is 24.0 Å². The number of hydrogen-bond donors (Lipinski definition) is 0. The zero-order valence-corrected chi connectivity index (χ0v) is 14.5. The van der Waals surface area contributed by atoms with Crippen molar-refractivity contribution in [1.82, 2.24) is 0 Å². The largest absolute Gasteiger partial charge is 0.373 e. The summed E-state index contributed by atoms with van der Waals surface area (Å²) in [6.07, 6.45) is 11.9. The van der Waals surface area contributed by atoms with Crippen molar-refractivity contribution >= 4 is 0 Å². The molecule has 0 aromatic carbocycles. The highest BCUT2D eigenvalue weighted by molar-refractivity contribution is 5.23. The lowest BCUT2D eigenvalue weighted by Gasteiger charge is -2.56. The minimum atomic E-state index is 0.517. The van der Waals surface area contributed by atoms with Gasteiger partial charge in [-0.3, -0.25) is 0 Å². The van der Waals surface area contributed by atoms with Gasteiger partial charge in [0.05, 0.1) is 13.2 Å². The highest BCUT2D eigenvalue weighted by Crippen LogP contribution is 2.59. The summed E-state index contributed by atoms with van der Waals surface area (Å²) in [7, 11) is 0. The molecule has 0 aliphatic heterocycles. The highest BCUT2D eigenvalue weighted by Gasteiger charge is 2.50. The second kappa shape index (κ2) is 6.96. The van der Waals surface area contributed by atoms with E-state index in [2.05, 4.69) is 52.8 Å². The topological polar surface area (TPSA) is 9.23 Å². The first-order chi connectivity index (χ1) is 9.91. The van der Waals surface area contributed by atoms with E-state index in [0.717, 1.165) is 37.9 Å². The number of rotatable bonds is 7. The molecule has 0 aromatic rings. The van der Waals surface area contributed by atoms with Crippen molar-refractivity contribution in [2.24, 2.45) is 17.3 Å². The zero-order valence-electron chi connectivity index (χ0n) is 14.5. The lowest BCUT2D eigenvalue weighted by atomic mass is 9.49. The minimum absolute atomic E-state index is 0.517. The lowest BCUT2D eigenvalue weighted by molar-refractivity contribution is -0.0161. The molecule has 0 aromatic heterocycles. The molecule has 0 heterocycles. The Hall–Kier alpha value is -0.820. The van der Waals surface area contributed by atoms with Gasteiger partial charge < -0.3 is 4.74 Å². The van der Waals surface area contributed by atoms with Crippen LogP contribution in [0.3, 0.4) is 0 Å². The van der Waals surface area contributed by atoms with Gasteiger partial charge in [-0.15, -0.1) is 0 Å². The summed E-state index contributed by atoms with van der Waals surface area (Å²) in [6.45, 7) is 13.0. The van der Waals surface area contributed by atoms with E-state index in [1.807, 2.05) is 0 Å². The van der Waals surface area contributed by atoms with Gasteiger partial charge in [0.1, 0.15) is 0 Å². The van der Waals surface area contributed by atoms with Crippen molar-refractivity contribution in [3.63, 3.8) is 0 Å². The first-order valence-corrected chi connectivity index (χ1v) is 8.47. The van der Waals surface area contributed by atoms with Crippen LogP contribution in [0.15, 0.2) is 34.9 Å². The molecule has 0 spiro atoms. The first kappa shape index (κ1) is 16.5. The Morgan fingerprint density at radius 1 is 1.29 bits per heavy atom. The Morgan fingerprint density at radius 3 is 2.67 bits per heavy atom. The van der Waals surface area contributed by atoms with Gasteiger partial charge in [-0.25, -0.2) is 0 Å². The van der Waals surface area contributed by atoms with Crippen molar-refractivity contribution in [2.45, 2.75) is 60.3 Å². The quantitative estimate of drug-likeness (QED) is 0.432. The fraction of sp³-hybridized carbons (Fsp3) is 0.700. The third kappa shape index (κ3) is 4.10. The molecule has 0 amide bonds. The maximum Gasteiger partial charge on any atom is 0.0683 e. The number of ether oxygens (including phenoxy) is 1. The van der Waals surface area contributed by atoms with Crippen LogP contribution in [0.4, 0.5) is 0 Å². The fourth-order valence-electron chi connectivity index (χ4n) is 3.71. The lowest BCUT2D eigenvalue weighted by Crippen LogP contribution is -2.48. The van der Waals surface area contributed by atoms with Gasteiger partial charge in [0.15, 0.2) is 0 Å². The van der Waals surface area contributed by atoms with Crippen LogP contribution in [-0.2, 0) is 4.74 Å². The fourth-order valence-corrected chi connectivity index (χ4v) is 3.71. The van der Waals surface area contributed by atoms with Gasteiger partial charge in [-0.1, -0.05) is 43.2 Å². The molecule has 1 heteroatoms. The summed E-state index contributed by atoms with van der Waals surface area (Å²) in [5, 5.41) is 0. The molecule has 2 bridgehead atoms. The Morgan fingerprint density at radius 2 is 2.05 bits per heavy atom. The molecule has 0 radical (unpaired) electrons. The second-order valence-electron chi connectivity index (χ2n) is 7.71. The molecule has 3 aliphatic carbocycles. The van der Waals surface area contributed by atoms with Crippen molar-refractivity contribution < 1.29 is 4.74 Å². The van der Waals surface area contributed by atoms with Crippen LogP contribution in [0.5, 0.6) is 0 Å². The Labute approximate surface area is 131 Å². The van der Waals surface area contributed by atoms with Crippen molar-refractivity contribution in [2.75, 3.05) is 13.2 Å². The molecule has 1 nitrogen and oxygen atoms in total. The van der Waals surface area contributed by atoms with Crippen LogP contribution in [0, 0.1) is 17.3 Å². The molecule has 2 atom stereocenters. The monoisotopic (exact) mass is 288 g/mol. The Bertz CT molecular complexity index is 446. The van der Waals surface area contributed by atoms with Crippen LogP contribution in [-0.4, -0.2) is 13.2 Å². The standard InChI is InChI=1S/C20H32O/c1-15(2)7-6-8-16(3)11-12-21-14-17-9-10-18-13-19(17)20(18,4)5/h7,9,11,18-19H,6,8,10,12-14H2,1-5H3/b16-11+/t18-,19-/m1/s1. The van der Waals surface area contributed by atoms with Crippen LogP contribution < -0.4 is 0 Å². The molecule has 1 saturated carbocycles. The summed E-state index contributed by atoms with van der Waals surface area (Å²) in [5.74, 6) is 1.70. The summed E-state index contributed by atoms with van der Waals surface area (Å²) < 4.78 is 5.90. The summed E-state index contributed by atoms with van der Waals surface area (Å²) in [6, 6.07) is 0. The average molecular weight is 288 g/mol. The summed E-state index contributed by atoms with van der Waals surface area (Å²) >= 11 is 0. The molecular formula is C20H32O. The third-order valence-corrected chi connectivity index (χ3v) is 5.49. The van der Waals surface area contributed by atoms with Crippen LogP contribution in [0.2, 0.25) is 0 Å². The van der Waals surface area contributed by atoms with E-state index in [9.17, 15) is 0 Å². The molecule has 3 rings (SSSR count). The minimum Gasteiger partial charge on any atom is -0.373 e. The highest BCUT2D eigenvalue weighted by atomic mass is 16.5. The predicted molar refractivity (Wildman–Crippen MR) is 91.3 cm³/mol. The molecule has 1 fully saturated rings. The Kier molecular flexibility index (Phi) is 5.48. The van der Waals surface area contributed by atoms with Gasteiger partial charge in [0, 0.05) is 0 Å². The van der Waals surface area contributed by atoms with Gasteiger partial charge in [0.25, 0.3) is 0 Å². The van der Waals surface area contributed by atoms with Crippen molar-refractivity contribution in [1.29, 1.82) is 0 Å². The molecule has 3 aliphatic rings. The van der Waals surface area contributed by atoms with Crippen LogP contribution >= 0.6 is 0 Å². The van der Waals surface area contributed by atoms with Crippen molar-refractivity contribution in [3.8, 4) is 0 Å². The number of allylic oxidation sites excluding steroid dienone is 4. The maximum absolute atomic E-state index is 5.90. The molecule has 0 saturated heterocycles. The molecule has 21 heavy (non-hydrogen) atoms.